The zero-order valence-electron chi connectivity index (χ0n) is 14.0. The molecule has 1 aromatic rings. The predicted octanol–water partition coefficient (Wildman–Crippen LogP) is 4.40. The summed E-state index contributed by atoms with van der Waals surface area (Å²) in [6.07, 6.45) is 2.80. The highest BCUT2D eigenvalue weighted by molar-refractivity contribution is 6.87. The smallest absolute Gasteiger partial charge is 0.314 e. The van der Waals surface area contributed by atoms with E-state index in [2.05, 4.69) is 56.9 Å². The van der Waals surface area contributed by atoms with Gasteiger partial charge in [-0.1, -0.05) is 6.07 Å². The maximum Gasteiger partial charge on any atom is 0.314 e. The monoisotopic (exact) mass is 327 g/mol. The first-order valence-corrected chi connectivity index (χ1v) is 16.6. The van der Waals surface area contributed by atoms with Gasteiger partial charge in [-0.05, 0) is 70.4 Å². The minimum Gasteiger partial charge on any atom is -0.437 e. The van der Waals surface area contributed by atoms with Gasteiger partial charge in [-0.25, -0.2) is 0 Å². The molecule has 0 aliphatic heterocycles. The average molecular weight is 328 g/mol. The molecule has 0 saturated carbocycles. The highest BCUT2D eigenvalue weighted by atomic mass is 28.5. The number of pyridine rings is 1. The first-order chi connectivity index (χ1) is 8.99. The maximum atomic E-state index is 6.49. The van der Waals surface area contributed by atoms with Crippen molar-refractivity contribution in [2.45, 2.75) is 58.3 Å². The molecule has 0 fully saturated rings. The third kappa shape index (κ3) is 7.49. The van der Waals surface area contributed by atoms with Gasteiger partial charge in [-0.3, -0.25) is 4.98 Å². The lowest BCUT2D eigenvalue weighted by Gasteiger charge is -2.38. The van der Waals surface area contributed by atoms with Gasteiger partial charge in [-0.15, -0.1) is 0 Å². The fourth-order valence-electron chi connectivity index (χ4n) is 2.32. The summed E-state index contributed by atoms with van der Waals surface area (Å²) in [5.41, 5.74) is 1.13. The van der Waals surface area contributed by atoms with Crippen LogP contribution in [0.4, 0.5) is 0 Å². The molecule has 20 heavy (non-hydrogen) atoms. The average Bonchev–Trinajstić information content (AvgIpc) is 2.23. The Hall–Kier alpha value is -0.279. The topological polar surface area (TPSA) is 31.4 Å². The molecule has 0 saturated heterocycles. The highest BCUT2D eigenvalue weighted by Gasteiger charge is 2.39. The highest BCUT2D eigenvalue weighted by Crippen LogP contribution is 2.25. The lowest BCUT2D eigenvalue weighted by atomic mass is 10.3. The van der Waals surface area contributed by atoms with Crippen LogP contribution in [0.3, 0.4) is 0 Å². The van der Waals surface area contributed by atoms with E-state index < -0.39 is 25.2 Å². The van der Waals surface area contributed by atoms with Gasteiger partial charge in [0, 0.05) is 11.9 Å². The van der Waals surface area contributed by atoms with Gasteiger partial charge in [0.1, 0.15) is 0 Å². The van der Waals surface area contributed by atoms with Gasteiger partial charge in [0.15, 0.2) is 16.6 Å². The van der Waals surface area contributed by atoms with Crippen molar-refractivity contribution in [3.05, 3.63) is 30.1 Å². The molecule has 0 aromatic carbocycles. The lowest BCUT2D eigenvalue weighted by molar-refractivity contribution is 0.383. The Morgan fingerprint density at radius 1 is 0.900 bits per heavy atom. The zero-order chi connectivity index (χ0) is 15.4. The summed E-state index contributed by atoms with van der Waals surface area (Å²) < 4.78 is 13.0. The molecule has 0 aliphatic carbocycles. The lowest BCUT2D eigenvalue weighted by Crippen LogP contribution is -2.52. The number of aromatic nitrogens is 1. The van der Waals surface area contributed by atoms with E-state index in [1.807, 2.05) is 18.3 Å². The Morgan fingerprint density at radius 3 is 1.85 bits per heavy atom. The van der Waals surface area contributed by atoms with Crippen LogP contribution in [0.1, 0.15) is 5.69 Å². The van der Waals surface area contributed by atoms with Crippen LogP contribution < -0.4 is 0 Å². The van der Waals surface area contributed by atoms with Crippen molar-refractivity contribution < 1.29 is 8.23 Å². The van der Waals surface area contributed by atoms with Crippen LogP contribution in [-0.4, -0.2) is 30.2 Å². The van der Waals surface area contributed by atoms with Crippen molar-refractivity contribution in [2.75, 3.05) is 0 Å². The van der Waals surface area contributed by atoms with Crippen molar-refractivity contribution in [3.63, 3.8) is 0 Å². The molecule has 0 spiro atoms. The maximum absolute atomic E-state index is 6.49. The molecular weight excluding hydrogens is 298 g/mol. The van der Waals surface area contributed by atoms with Gasteiger partial charge in [0.25, 0.3) is 0 Å². The Morgan fingerprint density at radius 2 is 1.45 bits per heavy atom. The summed E-state index contributed by atoms with van der Waals surface area (Å²) in [6.45, 7) is 15.7. The fourth-order valence-corrected chi connectivity index (χ4v) is 14.8. The van der Waals surface area contributed by atoms with Crippen LogP contribution in [0.2, 0.25) is 51.9 Å². The Labute approximate surface area is 127 Å². The number of aryl methyl sites for hydroxylation is 1. The van der Waals surface area contributed by atoms with Crippen molar-refractivity contribution in [1.82, 2.24) is 4.98 Å². The molecule has 0 atom stereocenters. The minimum absolute atomic E-state index is 0.943. The summed E-state index contributed by atoms with van der Waals surface area (Å²) in [7, 11) is -5.30. The molecule has 0 bridgehead atoms. The van der Waals surface area contributed by atoms with Gasteiger partial charge in [0.2, 0.25) is 0 Å². The quantitative estimate of drug-likeness (QED) is 0.696. The van der Waals surface area contributed by atoms with Gasteiger partial charge in [-0.2, -0.15) is 0 Å². The van der Waals surface area contributed by atoms with E-state index in [1.54, 1.807) is 0 Å². The van der Waals surface area contributed by atoms with E-state index in [9.17, 15) is 0 Å². The van der Waals surface area contributed by atoms with Gasteiger partial charge < -0.3 is 8.23 Å². The summed E-state index contributed by atoms with van der Waals surface area (Å²) in [6, 6.07) is 7.06. The summed E-state index contributed by atoms with van der Waals surface area (Å²) in [4.78, 5) is 4.41. The standard InChI is InChI=1S/C14H29NO2Si3/c1-18(2,3)16-20(7,17-19(4,5)6)13-11-14-10-8-9-12-15-14/h8-10,12H,11,13H2,1-7H3. The molecule has 6 heteroatoms. The number of hydrogen-bond acceptors (Lipinski definition) is 3. The Kier molecular flexibility index (Phi) is 5.91. The third-order valence-corrected chi connectivity index (χ3v) is 12.1. The second-order valence-electron chi connectivity index (χ2n) is 7.38. The van der Waals surface area contributed by atoms with E-state index in [0.717, 1.165) is 18.2 Å². The van der Waals surface area contributed by atoms with E-state index >= 15 is 0 Å². The van der Waals surface area contributed by atoms with Crippen molar-refractivity contribution in [1.29, 1.82) is 0 Å². The molecular formula is C14H29NO2Si3. The summed E-state index contributed by atoms with van der Waals surface area (Å²) >= 11 is 0. The number of hydrogen-bond donors (Lipinski definition) is 0. The molecule has 0 amide bonds. The molecule has 1 heterocycles. The van der Waals surface area contributed by atoms with Crippen molar-refractivity contribution in [2.24, 2.45) is 0 Å². The van der Waals surface area contributed by atoms with Crippen LogP contribution in [-0.2, 0) is 14.7 Å². The van der Waals surface area contributed by atoms with Crippen LogP contribution in [0.25, 0.3) is 0 Å². The third-order valence-electron chi connectivity index (χ3n) is 2.61. The Bertz CT molecular complexity index is 397. The van der Waals surface area contributed by atoms with Crippen LogP contribution >= 0.6 is 0 Å². The Balaban J connectivity index is 2.77. The largest absolute Gasteiger partial charge is 0.437 e. The first kappa shape index (κ1) is 17.8. The predicted molar refractivity (Wildman–Crippen MR) is 93.2 cm³/mol. The van der Waals surface area contributed by atoms with E-state index in [4.69, 9.17) is 8.23 Å². The minimum atomic E-state index is -2.12. The van der Waals surface area contributed by atoms with Crippen LogP contribution in [0, 0.1) is 0 Å². The summed E-state index contributed by atoms with van der Waals surface area (Å²) in [5.74, 6) is 0. The molecule has 0 radical (unpaired) electrons. The first-order valence-electron chi connectivity index (χ1n) is 7.29. The van der Waals surface area contributed by atoms with Crippen molar-refractivity contribution in [3.8, 4) is 0 Å². The van der Waals surface area contributed by atoms with Crippen LogP contribution in [0.5, 0.6) is 0 Å². The molecule has 0 N–H and O–H groups in total. The second kappa shape index (κ2) is 6.66. The molecule has 0 unspecified atom stereocenters. The van der Waals surface area contributed by atoms with Gasteiger partial charge in [0.05, 0.1) is 0 Å². The number of nitrogens with zero attached hydrogens (tertiary/aromatic N) is 1. The molecule has 1 aromatic heterocycles. The van der Waals surface area contributed by atoms with Gasteiger partial charge >= 0.3 is 8.56 Å². The molecule has 1 rings (SSSR count). The fraction of sp³-hybridized carbons (Fsp3) is 0.643. The normalized spacial score (nSPS) is 13.6. The summed E-state index contributed by atoms with van der Waals surface area (Å²) in [5, 5.41) is 0. The molecule has 114 valence electrons. The SMILES string of the molecule is C[Si](C)(C)O[Si](C)(CCc1ccccn1)O[Si](C)(C)C. The van der Waals surface area contributed by atoms with Crippen LogP contribution in [0.15, 0.2) is 24.4 Å². The molecule has 3 nitrogen and oxygen atoms in total. The zero-order valence-corrected chi connectivity index (χ0v) is 17.0. The second-order valence-corrected chi connectivity index (χ2v) is 20.2. The van der Waals surface area contributed by atoms with E-state index in [0.29, 0.717) is 0 Å². The molecule has 0 aliphatic rings. The van der Waals surface area contributed by atoms with E-state index in [-0.39, 0.29) is 0 Å². The number of rotatable bonds is 7. The van der Waals surface area contributed by atoms with E-state index in [1.165, 1.54) is 0 Å². The van der Waals surface area contributed by atoms with Crippen molar-refractivity contribution >= 4 is 25.2 Å².